The fourth-order valence-electron chi connectivity index (χ4n) is 2.84. The van der Waals surface area contributed by atoms with Gasteiger partial charge in [-0.15, -0.1) is 0 Å². The SMILES string of the molecule is CCOC(=O)[C@H](Cc1ccc(OCC=Cc2cc(OC)cc(OC)c2)cc1)OCC. The van der Waals surface area contributed by atoms with Crippen LogP contribution in [0.2, 0.25) is 0 Å². The Morgan fingerprint density at radius 1 is 0.933 bits per heavy atom. The van der Waals surface area contributed by atoms with Crippen LogP contribution in [0.3, 0.4) is 0 Å². The van der Waals surface area contributed by atoms with Gasteiger partial charge in [-0.1, -0.05) is 18.2 Å². The van der Waals surface area contributed by atoms with Gasteiger partial charge in [-0.3, -0.25) is 0 Å². The average molecular weight is 414 g/mol. The summed E-state index contributed by atoms with van der Waals surface area (Å²) in [4.78, 5) is 12.0. The normalized spacial score (nSPS) is 11.9. The fraction of sp³-hybridized carbons (Fsp3) is 0.375. The van der Waals surface area contributed by atoms with E-state index in [1.54, 1.807) is 21.1 Å². The molecule has 6 nitrogen and oxygen atoms in total. The van der Waals surface area contributed by atoms with E-state index in [-0.39, 0.29) is 5.97 Å². The third-order valence-electron chi connectivity index (χ3n) is 4.29. The van der Waals surface area contributed by atoms with E-state index in [1.165, 1.54) is 0 Å². The lowest BCUT2D eigenvalue weighted by Gasteiger charge is -2.15. The second-order valence-electron chi connectivity index (χ2n) is 6.40. The van der Waals surface area contributed by atoms with Crippen molar-refractivity contribution in [1.82, 2.24) is 0 Å². The summed E-state index contributed by atoms with van der Waals surface area (Å²) in [5.41, 5.74) is 1.94. The monoisotopic (exact) mass is 414 g/mol. The van der Waals surface area contributed by atoms with E-state index < -0.39 is 6.10 Å². The second kappa shape index (κ2) is 12.5. The van der Waals surface area contributed by atoms with E-state index in [0.717, 1.165) is 28.4 Å². The van der Waals surface area contributed by atoms with Gasteiger partial charge in [-0.05, 0) is 55.3 Å². The van der Waals surface area contributed by atoms with Crippen LogP contribution in [-0.4, -0.2) is 46.1 Å². The van der Waals surface area contributed by atoms with E-state index >= 15 is 0 Å². The molecule has 162 valence electrons. The molecule has 0 spiro atoms. The second-order valence-corrected chi connectivity index (χ2v) is 6.40. The van der Waals surface area contributed by atoms with Gasteiger partial charge in [0.25, 0.3) is 0 Å². The highest BCUT2D eigenvalue weighted by atomic mass is 16.6. The van der Waals surface area contributed by atoms with Gasteiger partial charge >= 0.3 is 5.97 Å². The maximum absolute atomic E-state index is 12.0. The van der Waals surface area contributed by atoms with Crippen molar-refractivity contribution in [3.8, 4) is 17.2 Å². The van der Waals surface area contributed by atoms with Crippen LogP contribution in [-0.2, 0) is 20.7 Å². The van der Waals surface area contributed by atoms with E-state index in [0.29, 0.717) is 26.2 Å². The molecule has 0 bridgehead atoms. The number of esters is 1. The Morgan fingerprint density at radius 2 is 1.60 bits per heavy atom. The Kier molecular flexibility index (Phi) is 9.74. The molecule has 0 saturated carbocycles. The van der Waals surface area contributed by atoms with Crippen molar-refractivity contribution in [3.05, 3.63) is 59.7 Å². The van der Waals surface area contributed by atoms with Gasteiger partial charge in [-0.2, -0.15) is 0 Å². The van der Waals surface area contributed by atoms with Crippen molar-refractivity contribution in [2.24, 2.45) is 0 Å². The Hall–Kier alpha value is -2.99. The number of ether oxygens (including phenoxy) is 5. The van der Waals surface area contributed by atoms with E-state index in [2.05, 4.69) is 0 Å². The molecule has 0 aromatic heterocycles. The van der Waals surface area contributed by atoms with Crippen molar-refractivity contribution in [2.45, 2.75) is 26.4 Å². The summed E-state index contributed by atoms with van der Waals surface area (Å²) in [6, 6.07) is 13.3. The summed E-state index contributed by atoms with van der Waals surface area (Å²) in [7, 11) is 3.25. The van der Waals surface area contributed by atoms with Gasteiger partial charge in [0.15, 0.2) is 6.10 Å². The summed E-state index contributed by atoms with van der Waals surface area (Å²) in [5, 5.41) is 0. The molecule has 0 fully saturated rings. The molecule has 0 amide bonds. The number of carbonyl (C=O) groups excluding carboxylic acids is 1. The van der Waals surface area contributed by atoms with Crippen molar-refractivity contribution in [3.63, 3.8) is 0 Å². The number of benzene rings is 2. The Labute approximate surface area is 178 Å². The van der Waals surface area contributed by atoms with Gasteiger partial charge in [0.1, 0.15) is 23.9 Å². The van der Waals surface area contributed by atoms with E-state index in [4.69, 9.17) is 23.7 Å². The predicted octanol–water partition coefficient (Wildman–Crippen LogP) is 4.31. The molecule has 0 saturated heterocycles. The molecule has 2 aromatic rings. The zero-order valence-electron chi connectivity index (χ0n) is 18.1. The van der Waals surface area contributed by atoms with Gasteiger partial charge in [0, 0.05) is 19.1 Å². The highest BCUT2D eigenvalue weighted by Crippen LogP contribution is 2.23. The first-order chi connectivity index (χ1) is 14.6. The van der Waals surface area contributed by atoms with Crippen LogP contribution in [0, 0.1) is 0 Å². The molecule has 0 N–H and O–H groups in total. The van der Waals surface area contributed by atoms with Crippen molar-refractivity contribution >= 4 is 12.0 Å². The molecule has 6 heteroatoms. The third-order valence-corrected chi connectivity index (χ3v) is 4.29. The molecule has 0 heterocycles. The first kappa shape index (κ1) is 23.3. The first-order valence-corrected chi connectivity index (χ1v) is 9.99. The van der Waals surface area contributed by atoms with Gasteiger partial charge < -0.3 is 23.7 Å². The molecule has 30 heavy (non-hydrogen) atoms. The smallest absolute Gasteiger partial charge is 0.335 e. The van der Waals surface area contributed by atoms with Gasteiger partial charge in [0.2, 0.25) is 0 Å². The number of methoxy groups -OCH3 is 2. The summed E-state index contributed by atoms with van der Waals surface area (Å²) < 4.78 is 26.9. The summed E-state index contributed by atoms with van der Waals surface area (Å²) in [6.45, 7) is 4.86. The predicted molar refractivity (Wildman–Crippen MR) is 116 cm³/mol. The molecule has 0 aliphatic rings. The third kappa shape index (κ3) is 7.44. The molecule has 0 aliphatic carbocycles. The van der Waals surface area contributed by atoms with Crippen LogP contribution in [0.25, 0.3) is 6.08 Å². The molecule has 0 unspecified atom stereocenters. The molecule has 0 radical (unpaired) electrons. The lowest BCUT2D eigenvalue weighted by Crippen LogP contribution is -2.28. The number of hydrogen-bond donors (Lipinski definition) is 0. The minimum absolute atomic E-state index is 0.334. The van der Waals surface area contributed by atoms with Crippen LogP contribution in [0.15, 0.2) is 48.5 Å². The first-order valence-electron chi connectivity index (χ1n) is 9.99. The van der Waals surface area contributed by atoms with Gasteiger partial charge in [-0.25, -0.2) is 4.79 Å². The van der Waals surface area contributed by atoms with E-state index in [9.17, 15) is 4.79 Å². The quantitative estimate of drug-likeness (QED) is 0.483. The maximum atomic E-state index is 12.0. The Balaban J connectivity index is 1.90. The van der Waals surface area contributed by atoms with Gasteiger partial charge in [0.05, 0.1) is 20.8 Å². The lowest BCUT2D eigenvalue weighted by atomic mass is 10.1. The zero-order valence-corrected chi connectivity index (χ0v) is 18.1. The van der Waals surface area contributed by atoms with Crippen LogP contribution in [0.5, 0.6) is 17.2 Å². The summed E-state index contributed by atoms with van der Waals surface area (Å²) >= 11 is 0. The highest BCUT2D eigenvalue weighted by Gasteiger charge is 2.20. The van der Waals surface area contributed by atoms with Crippen molar-refractivity contribution < 1.29 is 28.5 Å². The van der Waals surface area contributed by atoms with Crippen molar-refractivity contribution in [2.75, 3.05) is 34.0 Å². The maximum Gasteiger partial charge on any atom is 0.335 e. The largest absolute Gasteiger partial charge is 0.497 e. The molecule has 2 aromatic carbocycles. The van der Waals surface area contributed by atoms with Crippen LogP contribution in [0.4, 0.5) is 0 Å². The minimum Gasteiger partial charge on any atom is -0.497 e. The molecule has 2 rings (SSSR count). The minimum atomic E-state index is -0.593. The number of carbonyl (C=O) groups is 1. The summed E-state index contributed by atoms with van der Waals surface area (Å²) in [6.07, 6.45) is 3.74. The summed E-state index contributed by atoms with van der Waals surface area (Å²) in [5.74, 6) is 1.88. The highest BCUT2D eigenvalue weighted by molar-refractivity contribution is 5.75. The Bertz CT molecular complexity index is 791. The lowest BCUT2D eigenvalue weighted by molar-refractivity contribution is -0.156. The van der Waals surface area contributed by atoms with Crippen LogP contribution < -0.4 is 14.2 Å². The molecule has 1 atom stereocenters. The fourth-order valence-corrected chi connectivity index (χ4v) is 2.84. The van der Waals surface area contributed by atoms with E-state index in [1.807, 2.05) is 61.5 Å². The average Bonchev–Trinajstić information content (AvgIpc) is 2.77. The van der Waals surface area contributed by atoms with Crippen LogP contribution >= 0.6 is 0 Å². The Morgan fingerprint density at radius 3 is 2.17 bits per heavy atom. The number of rotatable bonds is 12. The topological polar surface area (TPSA) is 63.2 Å². The number of hydrogen-bond acceptors (Lipinski definition) is 6. The van der Waals surface area contributed by atoms with Crippen LogP contribution in [0.1, 0.15) is 25.0 Å². The standard InChI is InChI=1S/C24H30O6/c1-5-28-23(24(25)29-6-2)16-18-9-11-20(12-10-18)30-13-7-8-19-14-21(26-3)17-22(15-19)27-4/h7-12,14-15,17,23H,5-6,13,16H2,1-4H3/t23-/m0/s1. The molecular formula is C24H30O6. The molecular weight excluding hydrogens is 384 g/mol. The molecule has 0 aliphatic heterocycles. The van der Waals surface area contributed by atoms with Crippen molar-refractivity contribution in [1.29, 1.82) is 0 Å². The zero-order chi connectivity index (χ0) is 21.8.